The molecule has 0 unspecified atom stereocenters. The predicted molar refractivity (Wildman–Crippen MR) is 136 cm³/mol. The molecule has 29 heavy (non-hydrogen) atoms. The van der Waals surface area contributed by atoms with Crippen molar-refractivity contribution in [2.45, 2.75) is 111 Å². The second-order valence-corrected chi connectivity index (χ2v) is 9.91. The maximum atomic E-state index is 2.67. The van der Waals surface area contributed by atoms with E-state index < -0.39 is 0 Å². The van der Waals surface area contributed by atoms with Crippen molar-refractivity contribution in [2.75, 3.05) is 19.1 Å². The smallest absolute Gasteiger partial charge is 0.0289 e. The molecular weight excluding hydrogens is 370 g/mol. The van der Waals surface area contributed by atoms with E-state index in [1.165, 1.54) is 93.9 Å². The highest BCUT2D eigenvalue weighted by molar-refractivity contribution is 7.98. The van der Waals surface area contributed by atoms with Crippen molar-refractivity contribution in [1.29, 1.82) is 0 Å². The van der Waals surface area contributed by atoms with Crippen LogP contribution in [-0.2, 0) is 0 Å². The molecule has 0 atom stereocenters. The van der Waals surface area contributed by atoms with Gasteiger partial charge >= 0.3 is 0 Å². The Morgan fingerprint density at radius 3 is 2.34 bits per heavy atom. The van der Waals surface area contributed by atoms with Crippen LogP contribution in [-0.4, -0.2) is 30.0 Å². The van der Waals surface area contributed by atoms with Gasteiger partial charge in [0.25, 0.3) is 0 Å². The van der Waals surface area contributed by atoms with Crippen LogP contribution in [0.4, 0.5) is 0 Å². The average Bonchev–Trinajstić information content (AvgIpc) is 2.69. The largest absolute Gasteiger partial charge is 0.374 e. The Labute approximate surface area is 187 Å². The minimum Gasteiger partial charge on any atom is -0.374 e. The van der Waals surface area contributed by atoms with E-state index in [0.717, 1.165) is 12.0 Å². The molecule has 1 rings (SSSR count). The molecule has 1 nitrogen and oxygen atoms in total. The number of hydrogen-bond donors (Lipinski definition) is 0. The standard InChI is InChI=1S/C27H49NS/c1-7-10-13-14-18-26(23(4)16-11-8-2)27(19-12-9-3)28(5)25-21-24(22-25)17-15-20-29-6/h14,16,18,24-25H,7-13,15,17,19-22H2,1-6H3/b18-14-,23-16+,27-26+/t24-,25+. The van der Waals surface area contributed by atoms with Gasteiger partial charge in [-0.2, -0.15) is 11.8 Å². The van der Waals surface area contributed by atoms with Gasteiger partial charge in [0.05, 0.1) is 0 Å². The van der Waals surface area contributed by atoms with Gasteiger partial charge < -0.3 is 4.90 Å². The first-order valence-electron chi connectivity index (χ1n) is 12.4. The second kappa shape index (κ2) is 16.1. The van der Waals surface area contributed by atoms with Crippen molar-refractivity contribution in [1.82, 2.24) is 4.90 Å². The van der Waals surface area contributed by atoms with Gasteiger partial charge in [-0.3, -0.25) is 0 Å². The van der Waals surface area contributed by atoms with Gasteiger partial charge in [-0.05, 0) is 87.4 Å². The van der Waals surface area contributed by atoms with Crippen LogP contribution in [0.2, 0.25) is 0 Å². The molecule has 0 aromatic carbocycles. The van der Waals surface area contributed by atoms with Crippen molar-refractivity contribution < 1.29 is 0 Å². The van der Waals surface area contributed by atoms with Gasteiger partial charge in [-0.25, -0.2) is 0 Å². The maximum Gasteiger partial charge on any atom is 0.0289 e. The molecular formula is C27H49NS. The summed E-state index contributed by atoms with van der Waals surface area (Å²) in [6.07, 6.45) is 25.1. The summed E-state index contributed by atoms with van der Waals surface area (Å²) in [6, 6.07) is 0.749. The SMILES string of the molecule is CCC/C=C(C)/C(/C=C\CCCC)=C(\CCCC)N(C)[C@H]1C[C@@H](CCCSC)C1. The highest BCUT2D eigenvalue weighted by atomic mass is 32.2. The first-order chi connectivity index (χ1) is 14.1. The summed E-state index contributed by atoms with van der Waals surface area (Å²) in [4.78, 5) is 2.67. The zero-order valence-electron chi connectivity index (χ0n) is 20.4. The van der Waals surface area contributed by atoms with Crippen LogP contribution < -0.4 is 0 Å². The normalized spacial score (nSPS) is 20.7. The van der Waals surface area contributed by atoms with Crippen LogP contribution in [0.1, 0.15) is 105 Å². The fraction of sp³-hybridized carbons (Fsp3) is 0.778. The molecule has 0 N–H and O–H groups in total. The lowest BCUT2D eigenvalue weighted by molar-refractivity contribution is 0.119. The molecule has 0 amide bonds. The predicted octanol–water partition coefficient (Wildman–Crippen LogP) is 8.78. The lowest BCUT2D eigenvalue weighted by Gasteiger charge is -2.44. The Bertz CT molecular complexity index is 511. The van der Waals surface area contributed by atoms with Gasteiger partial charge in [0.15, 0.2) is 0 Å². The molecule has 0 saturated heterocycles. The monoisotopic (exact) mass is 419 g/mol. The number of rotatable bonds is 16. The first-order valence-corrected chi connectivity index (χ1v) is 13.8. The summed E-state index contributed by atoms with van der Waals surface area (Å²) in [6.45, 7) is 9.21. The van der Waals surface area contributed by atoms with Crippen LogP contribution >= 0.6 is 11.8 Å². The fourth-order valence-corrected chi connectivity index (χ4v) is 4.74. The summed E-state index contributed by atoms with van der Waals surface area (Å²) in [5, 5.41) is 0. The number of hydrogen-bond acceptors (Lipinski definition) is 2. The molecule has 0 radical (unpaired) electrons. The van der Waals surface area contributed by atoms with Crippen molar-refractivity contribution >= 4 is 11.8 Å². The summed E-state index contributed by atoms with van der Waals surface area (Å²) in [7, 11) is 2.38. The van der Waals surface area contributed by atoms with Crippen molar-refractivity contribution in [3.05, 3.63) is 35.1 Å². The molecule has 0 aromatic rings. The van der Waals surface area contributed by atoms with Crippen LogP contribution in [0.25, 0.3) is 0 Å². The third-order valence-electron chi connectivity index (χ3n) is 6.40. The van der Waals surface area contributed by atoms with Crippen molar-refractivity contribution in [3.8, 4) is 0 Å². The molecule has 1 saturated carbocycles. The van der Waals surface area contributed by atoms with E-state index in [-0.39, 0.29) is 0 Å². The third kappa shape index (κ3) is 9.81. The van der Waals surface area contributed by atoms with E-state index in [1.54, 1.807) is 5.70 Å². The van der Waals surface area contributed by atoms with Crippen LogP contribution in [0.5, 0.6) is 0 Å². The van der Waals surface area contributed by atoms with E-state index in [0.29, 0.717) is 0 Å². The van der Waals surface area contributed by atoms with E-state index >= 15 is 0 Å². The molecule has 1 aliphatic rings. The Balaban J connectivity index is 2.98. The van der Waals surface area contributed by atoms with E-state index in [4.69, 9.17) is 0 Å². The maximum absolute atomic E-state index is 2.67. The molecule has 0 heterocycles. The minimum absolute atomic E-state index is 0.749. The summed E-state index contributed by atoms with van der Waals surface area (Å²) in [5.74, 6) is 2.29. The van der Waals surface area contributed by atoms with Crippen molar-refractivity contribution in [3.63, 3.8) is 0 Å². The first kappa shape index (κ1) is 26.4. The average molecular weight is 420 g/mol. The van der Waals surface area contributed by atoms with E-state index in [2.05, 4.69) is 64.1 Å². The number of allylic oxidation sites excluding steroid dienone is 6. The third-order valence-corrected chi connectivity index (χ3v) is 7.09. The van der Waals surface area contributed by atoms with Crippen molar-refractivity contribution in [2.24, 2.45) is 5.92 Å². The second-order valence-electron chi connectivity index (χ2n) is 8.92. The molecule has 2 heteroatoms. The Kier molecular flexibility index (Phi) is 14.7. The number of unbranched alkanes of at least 4 members (excludes halogenated alkanes) is 4. The molecule has 168 valence electrons. The molecule has 0 aliphatic heterocycles. The number of thioether (sulfide) groups is 1. The van der Waals surface area contributed by atoms with Crippen LogP contribution in [0.15, 0.2) is 35.1 Å². The molecule has 0 aromatic heterocycles. The highest BCUT2D eigenvalue weighted by Crippen LogP contribution is 2.38. The molecule has 0 spiro atoms. The van der Waals surface area contributed by atoms with Crippen LogP contribution in [0, 0.1) is 5.92 Å². The molecule has 1 aliphatic carbocycles. The fourth-order valence-electron chi connectivity index (χ4n) is 4.28. The Hall–Kier alpha value is -0.630. The van der Waals surface area contributed by atoms with Gasteiger partial charge in [-0.15, -0.1) is 0 Å². The zero-order chi connectivity index (χ0) is 21.5. The summed E-state index contributed by atoms with van der Waals surface area (Å²) >= 11 is 1.99. The van der Waals surface area contributed by atoms with E-state index in [1.807, 2.05) is 11.8 Å². The van der Waals surface area contributed by atoms with E-state index in [9.17, 15) is 0 Å². The topological polar surface area (TPSA) is 3.24 Å². The van der Waals surface area contributed by atoms with Gasteiger partial charge in [-0.1, -0.05) is 64.7 Å². The number of nitrogens with zero attached hydrogens (tertiary/aromatic N) is 1. The quantitative estimate of drug-likeness (QED) is 0.182. The minimum atomic E-state index is 0.749. The van der Waals surface area contributed by atoms with Gasteiger partial charge in [0, 0.05) is 18.8 Å². The van der Waals surface area contributed by atoms with Gasteiger partial charge in [0.1, 0.15) is 0 Å². The molecule has 1 fully saturated rings. The highest BCUT2D eigenvalue weighted by Gasteiger charge is 2.32. The summed E-state index contributed by atoms with van der Waals surface area (Å²) in [5.41, 5.74) is 4.58. The lowest BCUT2D eigenvalue weighted by Crippen LogP contribution is -2.42. The lowest BCUT2D eigenvalue weighted by atomic mass is 9.76. The zero-order valence-corrected chi connectivity index (χ0v) is 21.3. The Morgan fingerprint density at radius 1 is 1.00 bits per heavy atom. The van der Waals surface area contributed by atoms with Crippen LogP contribution in [0.3, 0.4) is 0 Å². The van der Waals surface area contributed by atoms with Gasteiger partial charge in [0.2, 0.25) is 0 Å². The Morgan fingerprint density at radius 2 is 1.72 bits per heavy atom. The molecule has 0 bridgehead atoms. The summed E-state index contributed by atoms with van der Waals surface area (Å²) < 4.78 is 0.